The fourth-order valence-electron chi connectivity index (χ4n) is 2.86. The standard InChI is InChI=1S/C13H16ClN3O/c14-10-2-1-3-11(6-10)16-13(18)17-5-4-9-7-15-8-12(9)17/h1-3,6,9,12,15H,4-5,7-8H2,(H,16,18)/t9-,12+/m0/s1. The summed E-state index contributed by atoms with van der Waals surface area (Å²) >= 11 is 5.90. The average Bonchev–Trinajstić information content (AvgIpc) is 2.89. The molecule has 0 radical (unpaired) electrons. The zero-order chi connectivity index (χ0) is 12.5. The van der Waals surface area contributed by atoms with Gasteiger partial charge in [-0.25, -0.2) is 4.79 Å². The fourth-order valence-corrected chi connectivity index (χ4v) is 3.05. The Bertz CT molecular complexity index is 465. The summed E-state index contributed by atoms with van der Waals surface area (Å²) in [4.78, 5) is 14.1. The minimum atomic E-state index is -0.0199. The van der Waals surface area contributed by atoms with Gasteiger partial charge in [-0.3, -0.25) is 0 Å². The molecule has 1 aromatic carbocycles. The predicted octanol–water partition coefficient (Wildman–Crippen LogP) is 2.17. The lowest BCUT2D eigenvalue weighted by molar-refractivity contribution is 0.206. The van der Waals surface area contributed by atoms with E-state index >= 15 is 0 Å². The molecule has 0 aromatic heterocycles. The van der Waals surface area contributed by atoms with E-state index in [4.69, 9.17) is 11.6 Å². The van der Waals surface area contributed by atoms with Gasteiger partial charge in [-0.05, 0) is 30.5 Å². The molecule has 5 heteroatoms. The van der Waals surface area contributed by atoms with E-state index in [1.165, 1.54) is 0 Å². The number of nitrogens with zero attached hydrogens (tertiary/aromatic N) is 1. The Hall–Kier alpha value is -1.26. The number of hydrogen-bond acceptors (Lipinski definition) is 2. The molecule has 96 valence electrons. The Morgan fingerprint density at radius 1 is 1.44 bits per heavy atom. The molecule has 2 aliphatic heterocycles. The Morgan fingerprint density at radius 3 is 3.17 bits per heavy atom. The summed E-state index contributed by atoms with van der Waals surface area (Å²) in [7, 11) is 0. The number of likely N-dealkylation sites (tertiary alicyclic amines) is 1. The molecule has 2 saturated heterocycles. The highest BCUT2D eigenvalue weighted by molar-refractivity contribution is 6.30. The van der Waals surface area contributed by atoms with Gasteiger partial charge in [0.15, 0.2) is 0 Å². The van der Waals surface area contributed by atoms with Crippen molar-refractivity contribution < 1.29 is 4.79 Å². The number of benzene rings is 1. The maximum Gasteiger partial charge on any atom is 0.322 e. The van der Waals surface area contributed by atoms with Gasteiger partial charge in [-0.1, -0.05) is 17.7 Å². The quantitative estimate of drug-likeness (QED) is 0.817. The summed E-state index contributed by atoms with van der Waals surface area (Å²) in [5.41, 5.74) is 0.752. The van der Waals surface area contributed by atoms with Gasteiger partial charge < -0.3 is 15.5 Å². The average molecular weight is 266 g/mol. The lowest BCUT2D eigenvalue weighted by atomic mass is 10.1. The molecule has 2 heterocycles. The highest BCUT2D eigenvalue weighted by atomic mass is 35.5. The van der Waals surface area contributed by atoms with Crippen LogP contribution in [0.3, 0.4) is 0 Å². The van der Waals surface area contributed by atoms with E-state index in [1.54, 1.807) is 12.1 Å². The second-order valence-corrected chi connectivity index (χ2v) is 5.34. The first-order valence-electron chi connectivity index (χ1n) is 6.28. The Morgan fingerprint density at radius 2 is 2.33 bits per heavy atom. The van der Waals surface area contributed by atoms with E-state index in [1.807, 2.05) is 17.0 Å². The molecule has 3 rings (SSSR count). The first-order valence-corrected chi connectivity index (χ1v) is 6.66. The summed E-state index contributed by atoms with van der Waals surface area (Å²) in [5, 5.41) is 6.89. The fraction of sp³-hybridized carbons (Fsp3) is 0.462. The number of fused-ring (bicyclic) bond motifs is 1. The van der Waals surface area contributed by atoms with Gasteiger partial charge in [0, 0.05) is 36.4 Å². The highest BCUT2D eigenvalue weighted by Crippen LogP contribution is 2.27. The molecule has 0 unspecified atom stereocenters. The summed E-state index contributed by atoms with van der Waals surface area (Å²) in [6, 6.07) is 7.58. The largest absolute Gasteiger partial charge is 0.322 e. The Balaban J connectivity index is 1.68. The summed E-state index contributed by atoms with van der Waals surface area (Å²) in [6.07, 6.45) is 1.10. The van der Waals surface area contributed by atoms with Gasteiger partial charge in [0.25, 0.3) is 0 Å². The van der Waals surface area contributed by atoms with Crippen molar-refractivity contribution in [3.63, 3.8) is 0 Å². The van der Waals surface area contributed by atoms with Gasteiger partial charge in [0.2, 0.25) is 0 Å². The molecule has 18 heavy (non-hydrogen) atoms. The summed E-state index contributed by atoms with van der Waals surface area (Å²) < 4.78 is 0. The number of hydrogen-bond donors (Lipinski definition) is 2. The van der Waals surface area contributed by atoms with Crippen LogP contribution in [0.5, 0.6) is 0 Å². The summed E-state index contributed by atoms with van der Waals surface area (Å²) in [5.74, 6) is 0.620. The second-order valence-electron chi connectivity index (χ2n) is 4.91. The smallest absolute Gasteiger partial charge is 0.320 e. The molecule has 1 aromatic rings. The SMILES string of the molecule is O=C(Nc1cccc(Cl)c1)N1CC[C@H]2CNC[C@H]21. The van der Waals surface area contributed by atoms with Crippen molar-refractivity contribution >= 4 is 23.3 Å². The number of urea groups is 1. The van der Waals surface area contributed by atoms with Gasteiger partial charge >= 0.3 is 6.03 Å². The van der Waals surface area contributed by atoms with E-state index in [9.17, 15) is 4.79 Å². The van der Waals surface area contributed by atoms with Crippen LogP contribution in [-0.4, -0.2) is 36.6 Å². The molecule has 0 bridgehead atoms. The first kappa shape index (κ1) is 11.8. The minimum absolute atomic E-state index is 0.0199. The third kappa shape index (κ3) is 2.18. The number of rotatable bonds is 1. The van der Waals surface area contributed by atoms with Crippen molar-refractivity contribution in [1.29, 1.82) is 0 Å². The van der Waals surface area contributed by atoms with Crippen molar-refractivity contribution in [3.8, 4) is 0 Å². The Labute approximate surface area is 111 Å². The van der Waals surface area contributed by atoms with Crippen molar-refractivity contribution in [2.75, 3.05) is 25.0 Å². The molecule has 2 atom stereocenters. The van der Waals surface area contributed by atoms with Crippen LogP contribution in [0.15, 0.2) is 24.3 Å². The van der Waals surface area contributed by atoms with E-state index in [0.29, 0.717) is 17.0 Å². The van der Waals surface area contributed by atoms with Crippen molar-refractivity contribution in [1.82, 2.24) is 10.2 Å². The zero-order valence-electron chi connectivity index (χ0n) is 10.0. The third-order valence-electron chi connectivity index (χ3n) is 3.78. The number of amides is 2. The van der Waals surface area contributed by atoms with Crippen molar-refractivity contribution in [2.45, 2.75) is 12.5 Å². The molecular formula is C13H16ClN3O. The van der Waals surface area contributed by atoms with Gasteiger partial charge in [0.1, 0.15) is 0 Å². The molecule has 2 amide bonds. The highest BCUT2D eigenvalue weighted by Gasteiger charge is 2.39. The lowest BCUT2D eigenvalue weighted by Crippen LogP contribution is -2.41. The summed E-state index contributed by atoms with van der Waals surface area (Å²) in [6.45, 7) is 2.79. The van der Waals surface area contributed by atoms with Crippen LogP contribution in [0.25, 0.3) is 0 Å². The van der Waals surface area contributed by atoms with E-state index in [2.05, 4.69) is 10.6 Å². The van der Waals surface area contributed by atoms with Crippen LogP contribution in [0.1, 0.15) is 6.42 Å². The molecule has 0 saturated carbocycles. The molecule has 2 aliphatic rings. The molecular weight excluding hydrogens is 250 g/mol. The predicted molar refractivity (Wildman–Crippen MR) is 71.9 cm³/mol. The number of carbonyl (C=O) groups excluding carboxylic acids is 1. The first-order chi connectivity index (χ1) is 8.74. The van der Waals surface area contributed by atoms with Gasteiger partial charge in [-0.15, -0.1) is 0 Å². The van der Waals surface area contributed by atoms with Crippen LogP contribution in [-0.2, 0) is 0 Å². The van der Waals surface area contributed by atoms with Crippen LogP contribution in [0.2, 0.25) is 5.02 Å². The minimum Gasteiger partial charge on any atom is -0.320 e. The topological polar surface area (TPSA) is 44.4 Å². The Kier molecular flexibility index (Phi) is 3.14. The monoisotopic (exact) mass is 265 g/mol. The number of carbonyl (C=O) groups is 1. The molecule has 0 aliphatic carbocycles. The number of anilines is 1. The van der Waals surface area contributed by atoms with Crippen LogP contribution < -0.4 is 10.6 Å². The number of halogens is 1. The van der Waals surface area contributed by atoms with Crippen LogP contribution in [0.4, 0.5) is 10.5 Å². The molecule has 2 fully saturated rings. The van der Waals surface area contributed by atoms with E-state index < -0.39 is 0 Å². The molecule has 0 spiro atoms. The van der Waals surface area contributed by atoms with E-state index in [0.717, 1.165) is 31.7 Å². The molecule has 2 N–H and O–H groups in total. The maximum atomic E-state index is 12.2. The van der Waals surface area contributed by atoms with Crippen molar-refractivity contribution in [2.24, 2.45) is 5.92 Å². The van der Waals surface area contributed by atoms with Crippen LogP contribution in [0, 0.1) is 5.92 Å². The lowest BCUT2D eigenvalue weighted by Gasteiger charge is -2.23. The van der Waals surface area contributed by atoms with Gasteiger partial charge in [-0.2, -0.15) is 0 Å². The normalized spacial score (nSPS) is 26.2. The zero-order valence-corrected chi connectivity index (χ0v) is 10.8. The second kappa shape index (κ2) is 4.78. The van der Waals surface area contributed by atoms with Gasteiger partial charge in [0.05, 0.1) is 0 Å². The van der Waals surface area contributed by atoms with Crippen molar-refractivity contribution in [3.05, 3.63) is 29.3 Å². The third-order valence-corrected chi connectivity index (χ3v) is 4.02. The maximum absolute atomic E-state index is 12.2. The van der Waals surface area contributed by atoms with Crippen LogP contribution >= 0.6 is 11.6 Å². The molecule has 4 nitrogen and oxygen atoms in total. The van der Waals surface area contributed by atoms with E-state index in [-0.39, 0.29) is 6.03 Å². The number of nitrogens with one attached hydrogen (secondary N) is 2.